The Hall–Kier alpha value is -1.40. The SMILES string of the molecule is Cc1ccc(CN(CC(=O)N2CCNC(=O)C2)C(C)C)s1. The molecule has 0 saturated carbocycles. The lowest BCUT2D eigenvalue weighted by molar-refractivity contribution is -0.139. The van der Waals surface area contributed by atoms with Crippen LogP contribution in [0.1, 0.15) is 23.6 Å². The fraction of sp³-hybridized carbons (Fsp3) is 0.600. The average Bonchev–Trinajstić information content (AvgIpc) is 2.83. The van der Waals surface area contributed by atoms with Crippen molar-refractivity contribution in [1.29, 1.82) is 0 Å². The van der Waals surface area contributed by atoms with Gasteiger partial charge >= 0.3 is 0 Å². The van der Waals surface area contributed by atoms with Crippen LogP contribution in [0.4, 0.5) is 0 Å². The molecule has 2 amide bonds. The number of hydrogen-bond acceptors (Lipinski definition) is 4. The van der Waals surface area contributed by atoms with Crippen LogP contribution in [0.2, 0.25) is 0 Å². The first kappa shape index (κ1) is 16.0. The topological polar surface area (TPSA) is 52.7 Å². The minimum absolute atomic E-state index is 0.0341. The van der Waals surface area contributed by atoms with Crippen molar-refractivity contribution >= 4 is 23.2 Å². The van der Waals surface area contributed by atoms with Gasteiger partial charge in [-0.15, -0.1) is 11.3 Å². The summed E-state index contributed by atoms with van der Waals surface area (Å²) in [6.07, 6.45) is 0. The predicted molar refractivity (Wildman–Crippen MR) is 84.2 cm³/mol. The summed E-state index contributed by atoms with van der Waals surface area (Å²) in [5, 5.41) is 2.74. The van der Waals surface area contributed by atoms with Crippen molar-refractivity contribution in [2.24, 2.45) is 0 Å². The molecule has 1 aliphatic heterocycles. The number of amides is 2. The molecular formula is C15H23N3O2S. The standard InChI is InChI=1S/C15H23N3O2S/c1-11(2)18(8-13-5-4-12(3)21-13)10-15(20)17-7-6-16-14(19)9-17/h4-5,11H,6-10H2,1-3H3,(H,16,19). The van der Waals surface area contributed by atoms with Crippen molar-refractivity contribution in [3.63, 3.8) is 0 Å². The van der Waals surface area contributed by atoms with Crippen molar-refractivity contribution in [2.75, 3.05) is 26.2 Å². The van der Waals surface area contributed by atoms with Crippen molar-refractivity contribution < 1.29 is 9.59 Å². The third-order valence-electron chi connectivity index (χ3n) is 3.61. The van der Waals surface area contributed by atoms with Crippen LogP contribution in [-0.2, 0) is 16.1 Å². The molecule has 1 saturated heterocycles. The maximum Gasteiger partial charge on any atom is 0.239 e. The Kier molecular flexibility index (Phi) is 5.36. The van der Waals surface area contributed by atoms with E-state index in [9.17, 15) is 9.59 Å². The number of thiophene rings is 1. The highest BCUT2D eigenvalue weighted by Gasteiger charge is 2.24. The summed E-state index contributed by atoms with van der Waals surface area (Å²) in [5.74, 6) is -0.0357. The van der Waals surface area contributed by atoms with Gasteiger partial charge in [0.2, 0.25) is 11.8 Å². The fourth-order valence-electron chi connectivity index (χ4n) is 2.32. The minimum Gasteiger partial charge on any atom is -0.353 e. The summed E-state index contributed by atoms with van der Waals surface area (Å²) in [4.78, 5) is 30.1. The highest BCUT2D eigenvalue weighted by atomic mass is 32.1. The van der Waals surface area contributed by atoms with Gasteiger partial charge in [-0.1, -0.05) is 0 Å². The first-order chi connectivity index (χ1) is 9.95. The largest absolute Gasteiger partial charge is 0.353 e. The molecule has 0 unspecified atom stereocenters. The van der Waals surface area contributed by atoms with Gasteiger partial charge in [0.05, 0.1) is 13.1 Å². The minimum atomic E-state index is -0.0698. The molecule has 0 atom stereocenters. The maximum absolute atomic E-state index is 12.4. The van der Waals surface area contributed by atoms with Crippen LogP contribution >= 0.6 is 11.3 Å². The zero-order valence-electron chi connectivity index (χ0n) is 12.9. The van der Waals surface area contributed by atoms with E-state index in [1.807, 2.05) is 0 Å². The van der Waals surface area contributed by atoms with Gasteiger partial charge in [-0.25, -0.2) is 0 Å². The van der Waals surface area contributed by atoms with Gasteiger partial charge in [-0.2, -0.15) is 0 Å². The van der Waals surface area contributed by atoms with Crippen LogP contribution < -0.4 is 5.32 Å². The van der Waals surface area contributed by atoms with Crippen LogP contribution in [0.25, 0.3) is 0 Å². The van der Waals surface area contributed by atoms with Crippen LogP contribution in [-0.4, -0.2) is 53.8 Å². The Bertz CT molecular complexity index is 513. The van der Waals surface area contributed by atoms with Gasteiger partial charge in [0, 0.05) is 35.4 Å². The Morgan fingerprint density at radius 1 is 1.48 bits per heavy atom. The van der Waals surface area contributed by atoms with Crippen LogP contribution in [0.15, 0.2) is 12.1 Å². The monoisotopic (exact) mass is 309 g/mol. The first-order valence-electron chi connectivity index (χ1n) is 7.29. The molecule has 2 rings (SSSR count). The zero-order valence-corrected chi connectivity index (χ0v) is 13.7. The van der Waals surface area contributed by atoms with Crippen LogP contribution in [0, 0.1) is 6.92 Å². The number of carbonyl (C=O) groups excluding carboxylic acids is 2. The van der Waals surface area contributed by atoms with E-state index in [0.717, 1.165) is 6.54 Å². The maximum atomic E-state index is 12.4. The Labute approximate surface area is 129 Å². The molecular weight excluding hydrogens is 286 g/mol. The molecule has 1 aliphatic rings. The number of carbonyl (C=O) groups is 2. The Morgan fingerprint density at radius 2 is 2.24 bits per heavy atom. The molecule has 116 valence electrons. The summed E-state index contributed by atoms with van der Waals surface area (Å²) < 4.78 is 0. The number of piperazine rings is 1. The smallest absolute Gasteiger partial charge is 0.239 e. The van der Waals surface area contributed by atoms with Crippen molar-refractivity contribution in [3.8, 4) is 0 Å². The van der Waals surface area contributed by atoms with Gasteiger partial charge in [-0.05, 0) is 32.9 Å². The lowest BCUT2D eigenvalue weighted by Crippen LogP contribution is -2.52. The van der Waals surface area contributed by atoms with Crippen molar-refractivity contribution in [3.05, 3.63) is 21.9 Å². The number of aryl methyl sites for hydroxylation is 1. The number of hydrogen-bond donors (Lipinski definition) is 1. The second-order valence-electron chi connectivity index (χ2n) is 5.68. The molecule has 5 nitrogen and oxygen atoms in total. The van der Waals surface area contributed by atoms with E-state index in [1.54, 1.807) is 16.2 Å². The molecule has 0 radical (unpaired) electrons. The van der Waals surface area contributed by atoms with E-state index in [-0.39, 0.29) is 24.4 Å². The first-order valence-corrected chi connectivity index (χ1v) is 8.11. The molecule has 21 heavy (non-hydrogen) atoms. The van der Waals surface area contributed by atoms with E-state index in [1.165, 1.54) is 9.75 Å². The van der Waals surface area contributed by atoms with Crippen molar-refractivity contribution in [1.82, 2.24) is 15.1 Å². The molecule has 6 heteroatoms. The summed E-state index contributed by atoms with van der Waals surface area (Å²) in [5.41, 5.74) is 0. The molecule has 0 bridgehead atoms. The fourth-order valence-corrected chi connectivity index (χ4v) is 3.23. The summed E-state index contributed by atoms with van der Waals surface area (Å²) in [6, 6.07) is 4.51. The summed E-state index contributed by atoms with van der Waals surface area (Å²) >= 11 is 1.77. The van der Waals surface area contributed by atoms with Gasteiger partial charge < -0.3 is 10.2 Å². The van der Waals surface area contributed by atoms with Gasteiger partial charge in [-0.3, -0.25) is 14.5 Å². The number of nitrogens with zero attached hydrogens (tertiary/aromatic N) is 2. The van der Waals surface area contributed by atoms with E-state index in [4.69, 9.17) is 0 Å². The molecule has 1 fully saturated rings. The number of nitrogens with one attached hydrogen (secondary N) is 1. The van der Waals surface area contributed by atoms with Gasteiger partial charge in [0.25, 0.3) is 0 Å². The molecule has 0 aromatic carbocycles. The average molecular weight is 309 g/mol. The van der Waals surface area contributed by atoms with E-state index < -0.39 is 0 Å². The quantitative estimate of drug-likeness (QED) is 0.890. The second-order valence-corrected chi connectivity index (χ2v) is 7.05. The lowest BCUT2D eigenvalue weighted by atomic mass is 10.2. The Balaban J connectivity index is 1.95. The zero-order chi connectivity index (χ0) is 15.4. The molecule has 1 aromatic heterocycles. The van der Waals surface area contributed by atoms with Gasteiger partial charge in [0.15, 0.2) is 0 Å². The van der Waals surface area contributed by atoms with Gasteiger partial charge in [0.1, 0.15) is 0 Å². The number of rotatable bonds is 5. The van der Waals surface area contributed by atoms with Crippen LogP contribution in [0.5, 0.6) is 0 Å². The summed E-state index contributed by atoms with van der Waals surface area (Å²) in [6.45, 7) is 8.76. The normalized spacial score (nSPS) is 15.7. The third kappa shape index (κ3) is 4.54. The van der Waals surface area contributed by atoms with Crippen molar-refractivity contribution in [2.45, 2.75) is 33.4 Å². The second kappa shape index (κ2) is 7.04. The third-order valence-corrected chi connectivity index (χ3v) is 4.60. The van der Waals surface area contributed by atoms with E-state index in [0.29, 0.717) is 19.6 Å². The molecule has 0 spiro atoms. The predicted octanol–water partition coefficient (Wildman–Crippen LogP) is 1.23. The molecule has 2 heterocycles. The molecule has 1 N–H and O–H groups in total. The molecule has 1 aromatic rings. The highest BCUT2D eigenvalue weighted by molar-refractivity contribution is 7.11. The molecule has 0 aliphatic carbocycles. The highest BCUT2D eigenvalue weighted by Crippen LogP contribution is 2.18. The van der Waals surface area contributed by atoms with E-state index >= 15 is 0 Å². The van der Waals surface area contributed by atoms with E-state index in [2.05, 4.69) is 43.1 Å². The Morgan fingerprint density at radius 3 is 2.81 bits per heavy atom. The summed E-state index contributed by atoms with van der Waals surface area (Å²) in [7, 11) is 0. The van der Waals surface area contributed by atoms with Crippen LogP contribution in [0.3, 0.4) is 0 Å². The lowest BCUT2D eigenvalue weighted by Gasteiger charge is -2.31.